The Kier molecular flexibility index (Phi) is 4.79. The number of anilines is 3. The molecule has 3 rings (SSSR count). The van der Waals surface area contributed by atoms with Gasteiger partial charge in [-0.3, -0.25) is 9.59 Å². The van der Waals surface area contributed by atoms with E-state index in [1.807, 2.05) is 13.0 Å². The van der Waals surface area contributed by atoms with Gasteiger partial charge in [-0.25, -0.2) is 9.97 Å². The number of primary amides is 2. The number of carbonyl (C=O) groups excluding carboxylic acids is 2. The lowest BCUT2D eigenvalue weighted by Crippen LogP contribution is -2.35. The number of amides is 2. The highest BCUT2D eigenvalue weighted by atomic mass is 32.1. The standard InChI is InChI=1S/C15H19N7O2S/c1-2-8(13(16)23)19-10-6-18-12(14(17)24)15(20-10)21-11-5-9(22-25-11)7-3-4-7/h5-8H,2-4H2,1H3,(H2,16,23)(H2,17,24)(H2,19,20,21)/t8-/m1/s1. The molecule has 0 unspecified atom stereocenters. The third-order valence-corrected chi connectivity index (χ3v) is 4.56. The fourth-order valence-corrected chi connectivity index (χ4v) is 3.04. The molecule has 1 saturated carbocycles. The van der Waals surface area contributed by atoms with Gasteiger partial charge in [-0.2, -0.15) is 4.37 Å². The van der Waals surface area contributed by atoms with E-state index >= 15 is 0 Å². The van der Waals surface area contributed by atoms with Crippen LogP contribution < -0.4 is 22.1 Å². The van der Waals surface area contributed by atoms with Gasteiger partial charge in [-0.15, -0.1) is 0 Å². The first-order valence-electron chi connectivity index (χ1n) is 7.94. The van der Waals surface area contributed by atoms with E-state index in [-0.39, 0.29) is 11.5 Å². The molecule has 0 aromatic carbocycles. The average Bonchev–Trinajstić information content (AvgIpc) is 3.32. The van der Waals surface area contributed by atoms with E-state index in [9.17, 15) is 9.59 Å². The molecule has 132 valence electrons. The zero-order chi connectivity index (χ0) is 18.0. The Bertz CT molecular complexity index is 803. The number of aromatic nitrogens is 3. The molecule has 2 aromatic heterocycles. The van der Waals surface area contributed by atoms with Crippen molar-refractivity contribution in [3.05, 3.63) is 23.7 Å². The van der Waals surface area contributed by atoms with Crippen LogP contribution in [0.15, 0.2) is 12.3 Å². The number of nitrogens with one attached hydrogen (secondary N) is 2. The average molecular weight is 361 g/mol. The van der Waals surface area contributed by atoms with Gasteiger partial charge in [0, 0.05) is 5.92 Å². The Morgan fingerprint density at radius 2 is 2.16 bits per heavy atom. The predicted molar refractivity (Wildman–Crippen MR) is 94.8 cm³/mol. The highest BCUT2D eigenvalue weighted by molar-refractivity contribution is 7.10. The summed E-state index contributed by atoms with van der Waals surface area (Å²) in [5.74, 6) is -0.125. The summed E-state index contributed by atoms with van der Waals surface area (Å²) in [4.78, 5) is 31.3. The summed E-state index contributed by atoms with van der Waals surface area (Å²) >= 11 is 1.29. The van der Waals surface area contributed by atoms with Crippen LogP contribution in [0.3, 0.4) is 0 Å². The van der Waals surface area contributed by atoms with Gasteiger partial charge < -0.3 is 22.1 Å². The smallest absolute Gasteiger partial charge is 0.271 e. The van der Waals surface area contributed by atoms with E-state index in [4.69, 9.17) is 11.5 Å². The van der Waals surface area contributed by atoms with E-state index in [0.29, 0.717) is 18.2 Å². The lowest BCUT2D eigenvalue weighted by atomic mass is 10.2. The van der Waals surface area contributed by atoms with E-state index in [1.165, 1.54) is 17.7 Å². The third kappa shape index (κ3) is 4.02. The molecule has 0 radical (unpaired) electrons. The van der Waals surface area contributed by atoms with Crippen molar-refractivity contribution in [3.63, 3.8) is 0 Å². The molecule has 1 aliphatic carbocycles. The normalized spacial score (nSPS) is 14.8. The van der Waals surface area contributed by atoms with Crippen molar-refractivity contribution in [2.75, 3.05) is 10.6 Å². The molecule has 1 aliphatic rings. The highest BCUT2D eigenvalue weighted by Gasteiger charge is 2.26. The molecule has 2 heterocycles. The molecule has 2 aromatic rings. The van der Waals surface area contributed by atoms with Crippen molar-refractivity contribution >= 4 is 40.0 Å². The Morgan fingerprint density at radius 3 is 2.76 bits per heavy atom. The monoisotopic (exact) mass is 361 g/mol. The van der Waals surface area contributed by atoms with Crippen molar-refractivity contribution < 1.29 is 9.59 Å². The second-order valence-corrected chi connectivity index (χ2v) is 6.64. The second-order valence-electron chi connectivity index (χ2n) is 5.84. The molecular weight excluding hydrogens is 342 g/mol. The number of hydrogen-bond acceptors (Lipinski definition) is 8. The lowest BCUT2D eigenvalue weighted by molar-refractivity contribution is -0.118. The molecule has 25 heavy (non-hydrogen) atoms. The van der Waals surface area contributed by atoms with Gasteiger partial charge in [0.15, 0.2) is 11.5 Å². The first kappa shape index (κ1) is 17.1. The largest absolute Gasteiger partial charge is 0.368 e. The first-order valence-corrected chi connectivity index (χ1v) is 8.71. The van der Waals surface area contributed by atoms with Gasteiger partial charge in [-0.1, -0.05) is 6.92 Å². The van der Waals surface area contributed by atoms with Gasteiger partial charge in [0.2, 0.25) is 5.91 Å². The Hall–Kier alpha value is -2.75. The second kappa shape index (κ2) is 7.01. The molecule has 0 aliphatic heterocycles. The van der Waals surface area contributed by atoms with E-state index < -0.39 is 17.9 Å². The van der Waals surface area contributed by atoms with Crippen molar-refractivity contribution in [2.24, 2.45) is 11.5 Å². The molecule has 0 spiro atoms. The number of nitrogens with two attached hydrogens (primary N) is 2. The van der Waals surface area contributed by atoms with E-state index in [2.05, 4.69) is 25.0 Å². The van der Waals surface area contributed by atoms with Crippen LogP contribution in [0.5, 0.6) is 0 Å². The quantitative estimate of drug-likeness (QED) is 0.554. The van der Waals surface area contributed by atoms with Crippen LogP contribution in [0.2, 0.25) is 0 Å². The number of carbonyl (C=O) groups is 2. The summed E-state index contributed by atoms with van der Waals surface area (Å²) in [7, 11) is 0. The topological polar surface area (TPSA) is 149 Å². The summed E-state index contributed by atoms with van der Waals surface area (Å²) < 4.78 is 4.39. The van der Waals surface area contributed by atoms with Crippen LogP contribution in [0.4, 0.5) is 16.6 Å². The minimum atomic E-state index is -0.699. The molecule has 0 bridgehead atoms. The molecule has 0 saturated heterocycles. The lowest BCUT2D eigenvalue weighted by Gasteiger charge is -2.15. The molecule has 1 fully saturated rings. The first-order chi connectivity index (χ1) is 12.0. The molecule has 9 nitrogen and oxygen atoms in total. The maximum atomic E-state index is 11.6. The molecule has 1 atom stereocenters. The van der Waals surface area contributed by atoms with Gasteiger partial charge in [-0.05, 0) is 36.9 Å². The minimum Gasteiger partial charge on any atom is -0.368 e. The summed E-state index contributed by atoms with van der Waals surface area (Å²) in [5, 5.41) is 6.69. The zero-order valence-corrected chi connectivity index (χ0v) is 14.5. The van der Waals surface area contributed by atoms with Gasteiger partial charge >= 0.3 is 0 Å². The van der Waals surface area contributed by atoms with Crippen LogP contribution in [-0.4, -0.2) is 32.2 Å². The molecule has 2 amide bonds. The number of rotatable bonds is 8. The fraction of sp³-hybridized carbons (Fsp3) is 0.400. The highest BCUT2D eigenvalue weighted by Crippen LogP contribution is 2.41. The Balaban J connectivity index is 1.84. The molecule has 10 heteroatoms. The van der Waals surface area contributed by atoms with Crippen molar-refractivity contribution in [2.45, 2.75) is 38.1 Å². The van der Waals surface area contributed by atoms with Crippen LogP contribution >= 0.6 is 11.5 Å². The van der Waals surface area contributed by atoms with Crippen LogP contribution in [-0.2, 0) is 4.79 Å². The summed E-state index contributed by atoms with van der Waals surface area (Å²) in [6, 6.07) is 1.36. The Morgan fingerprint density at radius 1 is 1.40 bits per heavy atom. The van der Waals surface area contributed by atoms with Crippen LogP contribution in [0, 0.1) is 0 Å². The van der Waals surface area contributed by atoms with E-state index in [1.54, 1.807) is 0 Å². The summed E-state index contributed by atoms with van der Waals surface area (Å²) in [6.45, 7) is 1.82. The summed E-state index contributed by atoms with van der Waals surface area (Å²) in [6.07, 6.45) is 4.15. The Labute approximate surface area is 148 Å². The molecule has 6 N–H and O–H groups in total. The summed E-state index contributed by atoms with van der Waals surface area (Å²) in [5.41, 5.74) is 11.7. The molecular formula is C15H19N7O2S. The predicted octanol–water partition coefficient (Wildman–Crippen LogP) is 1.33. The maximum absolute atomic E-state index is 11.6. The number of hydrogen-bond donors (Lipinski definition) is 4. The van der Waals surface area contributed by atoms with Crippen molar-refractivity contribution in [1.29, 1.82) is 0 Å². The van der Waals surface area contributed by atoms with Crippen LogP contribution in [0.25, 0.3) is 0 Å². The van der Waals surface area contributed by atoms with Gasteiger partial charge in [0.25, 0.3) is 5.91 Å². The van der Waals surface area contributed by atoms with Gasteiger partial charge in [0.1, 0.15) is 16.9 Å². The van der Waals surface area contributed by atoms with E-state index in [0.717, 1.165) is 23.5 Å². The number of nitrogens with zero attached hydrogens (tertiary/aromatic N) is 3. The fourth-order valence-electron chi connectivity index (χ4n) is 2.31. The minimum absolute atomic E-state index is 0.0130. The third-order valence-electron chi connectivity index (χ3n) is 3.85. The van der Waals surface area contributed by atoms with Crippen molar-refractivity contribution in [1.82, 2.24) is 14.3 Å². The van der Waals surface area contributed by atoms with Gasteiger partial charge in [0.05, 0.1) is 11.9 Å². The van der Waals surface area contributed by atoms with Crippen molar-refractivity contribution in [3.8, 4) is 0 Å². The SMILES string of the molecule is CC[C@@H](Nc1cnc(C(N)=O)c(Nc2cc(C3CC3)ns2)n1)C(N)=O. The zero-order valence-electron chi connectivity index (χ0n) is 13.7. The van der Waals surface area contributed by atoms with Crippen LogP contribution in [0.1, 0.15) is 48.3 Å². The maximum Gasteiger partial charge on any atom is 0.271 e.